The lowest BCUT2D eigenvalue weighted by atomic mass is 9.89. The molecule has 0 saturated heterocycles. The Hall–Kier alpha value is -1.58. The molecule has 0 unspecified atom stereocenters. The Morgan fingerprint density at radius 3 is 1.59 bits per heavy atom. The van der Waals surface area contributed by atoms with Gasteiger partial charge >= 0.3 is 0 Å². The zero-order chi connectivity index (χ0) is 16.3. The van der Waals surface area contributed by atoms with Crippen LogP contribution in [0.5, 0.6) is 0 Å². The first-order chi connectivity index (χ1) is 10.4. The lowest BCUT2D eigenvalue weighted by molar-refractivity contribution is -0.116. The molecule has 0 aliphatic carbocycles. The molecule has 2 nitrogen and oxygen atoms in total. The number of carbonyl (C=O) groups is 1. The van der Waals surface area contributed by atoms with E-state index in [0.29, 0.717) is 0 Å². The molecule has 0 N–H and O–H groups in total. The third-order valence-corrected chi connectivity index (χ3v) is 4.11. The number of rotatable bonds is 5. The van der Waals surface area contributed by atoms with Gasteiger partial charge in [0.25, 0.3) is 0 Å². The fourth-order valence-electron chi connectivity index (χ4n) is 2.95. The Labute approximate surface area is 137 Å². The summed E-state index contributed by atoms with van der Waals surface area (Å²) in [6, 6.07) is 12.4. The summed E-state index contributed by atoms with van der Waals surface area (Å²) >= 11 is 3.84. The molecule has 0 heterocycles. The van der Waals surface area contributed by atoms with Gasteiger partial charge in [0.05, 0.1) is 0 Å². The molecule has 0 atom stereocenters. The van der Waals surface area contributed by atoms with E-state index in [1.54, 1.807) is 0 Å². The highest BCUT2D eigenvalue weighted by Gasteiger charge is 2.22. The molecule has 0 aliphatic rings. The molecule has 2 aromatic rings. The van der Waals surface area contributed by atoms with E-state index in [2.05, 4.69) is 64.6 Å². The van der Waals surface area contributed by atoms with Crippen LogP contribution in [0.3, 0.4) is 0 Å². The van der Waals surface area contributed by atoms with Crippen LogP contribution in [0.2, 0.25) is 0 Å². The van der Waals surface area contributed by atoms with Crippen LogP contribution in [0.4, 0.5) is 0 Å². The van der Waals surface area contributed by atoms with Gasteiger partial charge in [-0.3, -0.25) is 4.79 Å². The maximum atomic E-state index is 11.3. The summed E-state index contributed by atoms with van der Waals surface area (Å²) in [5, 5.41) is -0.262. The van der Waals surface area contributed by atoms with Crippen molar-refractivity contribution in [1.29, 1.82) is 0 Å². The summed E-state index contributed by atoms with van der Waals surface area (Å²) in [4.78, 5) is 11.3. The Bertz CT molecular complexity index is 600. The van der Waals surface area contributed by atoms with E-state index in [4.69, 9.17) is 4.74 Å². The van der Waals surface area contributed by atoms with Gasteiger partial charge in [-0.25, -0.2) is 0 Å². The summed E-state index contributed by atoms with van der Waals surface area (Å²) in [5.41, 5.74) is 6.93. The molecule has 0 saturated carbocycles. The lowest BCUT2D eigenvalue weighted by Crippen LogP contribution is -2.15. The molecule has 0 aliphatic heterocycles. The molecule has 0 bridgehead atoms. The monoisotopic (exact) mass is 314 g/mol. The van der Waals surface area contributed by atoms with Gasteiger partial charge in [0.1, 0.15) is 12.7 Å². The van der Waals surface area contributed by atoms with E-state index in [9.17, 15) is 4.79 Å². The minimum atomic E-state index is -0.262. The number of benzene rings is 2. The molecule has 3 heteroatoms. The molecule has 22 heavy (non-hydrogen) atoms. The lowest BCUT2D eigenvalue weighted by Gasteiger charge is -2.25. The van der Waals surface area contributed by atoms with E-state index in [-0.39, 0.29) is 17.8 Å². The number of thiol groups is 1. The van der Waals surface area contributed by atoms with Crippen LogP contribution in [0.15, 0.2) is 36.4 Å². The summed E-state index contributed by atoms with van der Waals surface area (Å²) < 4.78 is 5.97. The molecule has 0 amide bonds. The average molecular weight is 314 g/mol. The van der Waals surface area contributed by atoms with Crippen LogP contribution >= 0.6 is 12.6 Å². The highest BCUT2D eigenvalue weighted by atomic mass is 32.1. The van der Waals surface area contributed by atoms with Gasteiger partial charge in [0, 0.05) is 0 Å². The molecule has 0 spiro atoms. The van der Waals surface area contributed by atoms with Crippen molar-refractivity contribution in [2.45, 2.75) is 33.8 Å². The Morgan fingerprint density at radius 1 is 0.909 bits per heavy atom. The number of hydrogen-bond acceptors (Lipinski definition) is 2. The largest absolute Gasteiger partial charge is 0.360 e. The number of hydrogen-bond donors (Lipinski definition) is 1. The fraction of sp³-hybridized carbons (Fsp3) is 0.316. The van der Waals surface area contributed by atoms with Crippen molar-refractivity contribution in [3.05, 3.63) is 69.8 Å². The van der Waals surface area contributed by atoms with Gasteiger partial charge in [-0.15, -0.1) is 12.6 Å². The van der Waals surface area contributed by atoms with E-state index in [1.807, 2.05) is 12.1 Å². The third kappa shape index (κ3) is 3.60. The van der Waals surface area contributed by atoms with Gasteiger partial charge < -0.3 is 4.74 Å². The van der Waals surface area contributed by atoms with Crippen molar-refractivity contribution in [3.63, 3.8) is 0 Å². The van der Waals surface area contributed by atoms with Crippen molar-refractivity contribution in [2.75, 3.05) is 6.61 Å². The summed E-state index contributed by atoms with van der Waals surface area (Å²) in [6.07, 6.45) is -0.251. The second-order valence-corrected chi connectivity index (χ2v) is 6.19. The van der Waals surface area contributed by atoms with Gasteiger partial charge in [-0.05, 0) is 61.1 Å². The first kappa shape index (κ1) is 16.8. The Balaban J connectivity index is 2.59. The zero-order valence-corrected chi connectivity index (χ0v) is 14.4. The molecular formula is C19H22O2S. The second kappa shape index (κ2) is 7.12. The Morgan fingerprint density at radius 2 is 1.27 bits per heavy atom. The van der Waals surface area contributed by atoms with Crippen LogP contribution < -0.4 is 0 Å². The van der Waals surface area contributed by atoms with Crippen molar-refractivity contribution < 1.29 is 9.53 Å². The minimum Gasteiger partial charge on any atom is -0.360 e. The summed E-state index contributed by atoms with van der Waals surface area (Å²) in [6.45, 7) is 8.31. The summed E-state index contributed by atoms with van der Waals surface area (Å²) in [7, 11) is 0. The molecule has 116 valence electrons. The van der Waals surface area contributed by atoms with E-state index >= 15 is 0 Å². The second-order valence-electron chi connectivity index (χ2n) is 5.70. The van der Waals surface area contributed by atoms with Gasteiger partial charge in [-0.1, -0.05) is 36.4 Å². The predicted octanol–water partition coefficient (Wildman–Crippen LogP) is 4.48. The van der Waals surface area contributed by atoms with Crippen LogP contribution in [-0.4, -0.2) is 11.7 Å². The molecule has 0 fully saturated rings. The highest BCUT2D eigenvalue weighted by Crippen LogP contribution is 2.34. The Kier molecular flexibility index (Phi) is 5.43. The quantitative estimate of drug-likeness (QED) is 0.823. The maximum Gasteiger partial charge on any atom is 0.211 e. The van der Waals surface area contributed by atoms with Crippen molar-refractivity contribution in [1.82, 2.24) is 0 Å². The molecule has 0 aromatic heterocycles. The highest BCUT2D eigenvalue weighted by molar-refractivity contribution is 7.96. The molecule has 2 rings (SSSR count). The molecule has 0 radical (unpaired) electrons. The van der Waals surface area contributed by atoms with Crippen LogP contribution in [0.1, 0.15) is 39.5 Å². The zero-order valence-electron chi connectivity index (χ0n) is 13.5. The number of carbonyl (C=O) groups excluding carboxylic acids is 1. The van der Waals surface area contributed by atoms with Gasteiger partial charge in [-0.2, -0.15) is 0 Å². The normalized spacial score (nSPS) is 11.0. The molecule has 2 aromatic carbocycles. The average Bonchev–Trinajstić information content (AvgIpc) is 2.43. The fourth-order valence-corrected chi connectivity index (χ4v) is 3.02. The summed E-state index contributed by atoms with van der Waals surface area (Å²) in [5.74, 6) is 0. The number of aryl methyl sites for hydroxylation is 4. The van der Waals surface area contributed by atoms with Gasteiger partial charge in [0.2, 0.25) is 5.12 Å². The smallest absolute Gasteiger partial charge is 0.211 e. The topological polar surface area (TPSA) is 26.3 Å². The first-order valence-electron chi connectivity index (χ1n) is 7.37. The standard InChI is InChI=1S/C19H22O2S/c1-12-7-5-8-13(2)17(12)19(21-11-16(20)22)18-14(3)9-6-10-15(18)4/h5-10,19H,11H2,1-4H3,(H,20,22). The van der Waals surface area contributed by atoms with Crippen molar-refractivity contribution in [3.8, 4) is 0 Å². The van der Waals surface area contributed by atoms with Crippen molar-refractivity contribution >= 4 is 17.7 Å². The minimum absolute atomic E-state index is 0.00464. The van der Waals surface area contributed by atoms with Crippen LogP contribution in [-0.2, 0) is 9.53 Å². The maximum absolute atomic E-state index is 11.3. The van der Waals surface area contributed by atoms with E-state index in [0.717, 1.165) is 11.1 Å². The van der Waals surface area contributed by atoms with E-state index in [1.165, 1.54) is 22.3 Å². The first-order valence-corrected chi connectivity index (χ1v) is 7.82. The number of ether oxygens (including phenoxy) is 1. The van der Waals surface area contributed by atoms with E-state index < -0.39 is 0 Å². The van der Waals surface area contributed by atoms with Crippen LogP contribution in [0.25, 0.3) is 0 Å². The van der Waals surface area contributed by atoms with Crippen molar-refractivity contribution in [2.24, 2.45) is 0 Å². The predicted molar refractivity (Wildman–Crippen MR) is 93.6 cm³/mol. The van der Waals surface area contributed by atoms with Gasteiger partial charge in [0.15, 0.2) is 0 Å². The molecular weight excluding hydrogens is 292 g/mol. The van der Waals surface area contributed by atoms with Crippen LogP contribution in [0, 0.1) is 27.7 Å². The SMILES string of the molecule is Cc1cccc(C)c1C(OCC(=O)S)c1c(C)cccc1C. The third-order valence-electron chi connectivity index (χ3n) is 3.98.